The summed E-state index contributed by atoms with van der Waals surface area (Å²) < 4.78 is 18.0. The van der Waals surface area contributed by atoms with Gasteiger partial charge in [-0.3, -0.25) is 0 Å². The van der Waals surface area contributed by atoms with Gasteiger partial charge in [0.2, 0.25) is 11.1 Å². The van der Waals surface area contributed by atoms with Gasteiger partial charge >= 0.3 is 5.97 Å². The topological polar surface area (TPSA) is 87.5 Å². The number of fused-ring (bicyclic) bond motifs is 1. The van der Waals surface area contributed by atoms with Crippen LogP contribution in [0.4, 0.5) is 5.95 Å². The molecule has 0 aliphatic carbocycles. The van der Waals surface area contributed by atoms with Crippen LogP contribution in [0, 0.1) is 0 Å². The Morgan fingerprint density at radius 2 is 2.10 bits per heavy atom. The van der Waals surface area contributed by atoms with Gasteiger partial charge in [0.1, 0.15) is 12.6 Å². The number of hydrogen-bond donors (Lipinski definition) is 1. The van der Waals surface area contributed by atoms with Gasteiger partial charge < -0.3 is 19.5 Å². The Hall–Kier alpha value is -2.94. The number of nitrogens with zero attached hydrogens (tertiary/aromatic N) is 3. The van der Waals surface area contributed by atoms with E-state index in [-0.39, 0.29) is 6.61 Å². The molecule has 3 rings (SSSR count). The lowest BCUT2D eigenvalue weighted by Gasteiger charge is -2.28. The van der Waals surface area contributed by atoms with E-state index in [2.05, 4.69) is 23.8 Å². The standard InChI is InChI=1S/C22H28N4O4S/c1-6-8-12-31-22-24-21-23-14(3)18(20(27)30-11-7-2)19(26(21)25-22)15-9-10-16(28-4)17(13-15)29-5/h7,9-10,13,19H,2,6,8,11-12H2,1,3-5H3,(H,23,24,25). The number of ether oxygens (including phenoxy) is 3. The molecule has 0 fully saturated rings. The van der Waals surface area contributed by atoms with Gasteiger partial charge in [-0.25, -0.2) is 9.48 Å². The quantitative estimate of drug-likeness (QED) is 0.252. The van der Waals surface area contributed by atoms with Crippen LogP contribution in [0.3, 0.4) is 0 Å². The second-order valence-electron chi connectivity index (χ2n) is 6.93. The van der Waals surface area contributed by atoms with Crippen molar-refractivity contribution in [1.82, 2.24) is 14.8 Å². The minimum Gasteiger partial charge on any atom is -0.493 e. The first-order chi connectivity index (χ1) is 15.0. The van der Waals surface area contributed by atoms with Gasteiger partial charge in [-0.15, -0.1) is 5.10 Å². The SMILES string of the molecule is C=CCOC(=O)C1=C(C)Nc2nc(SCCCC)nn2C1c1ccc(OC)c(OC)c1. The molecule has 1 aliphatic rings. The van der Waals surface area contributed by atoms with Gasteiger partial charge in [-0.2, -0.15) is 4.98 Å². The number of benzene rings is 1. The Morgan fingerprint density at radius 1 is 1.32 bits per heavy atom. The van der Waals surface area contributed by atoms with Gasteiger partial charge in [0.25, 0.3) is 0 Å². The fraction of sp³-hybridized carbons (Fsp3) is 0.409. The molecule has 1 aliphatic heterocycles. The summed E-state index contributed by atoms with van der Waals surface area (Å²) in [6.45, 7) is 7.72. The van der Waals surface area contributed by atoms with E-state index < -0.39 is 12.0 Å². The van der Waals surface area contributed by atoms with Crippen LogP contribution in [0.25, 0.3) is 0 Å². The Balaban J connectivity index is 2.08. The number of carbonyl (C=O) groups excluding carboxylic acids is 1. The number of anilines is 1. The molecule has 31 heavy (non-hydrogen) atoms. The predicted molar refractivity (Wildman–Crippen MR) is 121 cm³/mol. The fourth-order valence-electron chi connectivity index (χ4n) is 3.31. The van der Waals surface area contributed by atoms with E-state index in [1.165, 1.54) is 0 Å². The summed E-state index contributed by atoms with van der Waals surface area (Å²) >= 11 is 1.60. The molecule has 2 aromatic rings. The molecule has 0 spiro atoms. The van der Waals surface area contributed by atoms with Crippen molar-refractivity contribution in [1.29, 1.82) is 0 Å². The second kappa shape index (κ2) is 10.4. The van der Waals surface area contributed by atoms with Crippen molar-refractivity contribution >= 4 is 23.7 Å². The molecule has 1 aromatic heterocycles. The Kier molecular flexibility index (Phi) is 7.62. The van der Waals surface area contributed by atoms with Crippen molar-refractivity contribution < 1.29 is 19.0 Å². The lowest BCUT2D eigenvalue weighted by atomic mass is 9.95. The maximum Gasteiger partial charge on any atom is 0.338 e. The molecular weight excluding hydrogens is 416 g/mol. The van der Waals surface area contributed by atoms with Crippen LogP contribution in [0.15, 0.2) is 47.3 Å². The first-order valence-electron chi connectivity index (χ1n) is 10.1. The van der Waals surface area contributed by atoms with E-state index >= 15 is 0 Å². The van der Waals surface area contributed by atoms with Gasteiger partial charge in [0, 0.05) is 11.4 Å². The molecule has 0 radical (unpaired) electrons. The maximum absolute atomic E-state index is 13.0. The molecule has 0 bridgehead atoms. The van der Waals surface area contributed by atoms with Crippen molar-refractivity contribution in [3.63, 3.8) is 0 Å². The molecule has 0 amide bonds. The third-order valence-corrected chi connectivity index (χ3v) is 5.76. The molecule has 8 nitrogen and oxygen atoms in total. The second-order valence-corrected chi connectivity index (χ2v) is 7.99. The zero-order chi connectivity index (χ0) is 22.4. The third-order valence-electron chi connectivity index (χ3n) is 4.84. The summed E-state index contributed by atoms with van der Waals surface area (Å²) in [4.78, 5) is 17.6. The van der Waals surface area contributed by atoms with Gasteiger partial charge in [0.05, 0.1) is 19.8 Å². The van der Waals surface area contributed by atoms with Gasteiger partial charge in [-0.1, -0.05) is 43.8 Å². The van der Waals surface area contributed by atoms with E-state index in [1.54, 1.807) is 36.7 Å². The highest BCUT2D eigenvalue weighted by Crippen LogP contribution is 2.39. The van der Waals surface area contributed by atoms with Crippen LogP contribution in [0.1, 0.15) is 38.3 Å². The minimum atomic E-state index is -0.526. The number of carbonyl (C=O) groups is 1. The summed E-state index contributed by atoms with van der Waals surface area (Å²) in [6, 6.07) is 5.02. The summed E-state index contributed by atoms with van der Waals surface area (Å²) in [5, 5.41) is 8.56. The third kappa shape index (κ3) is 4.87. The summed E-state index contributed by atoms with van der Waals surface area (Å²) in [7, 11) is 3.16. The number of rotatable bonds is 10. The Labute approximate surface area is 186 Å². The van der Waals surface area contributed by atoms with Crippen molar-refractivity contribution in [3.8, 4) is 11.5 Å². The van der Waals surface area contributed by atoms with E-state index in [0.717, 1.165) is 24.2 Å². The predicted octanol–water partition coefficient (Wildman–Crippen LogP) is 4.21. The van der Waals surface area contributed by atoms with Crippen molar-refractivity contribution in [2.45, 2.75) is 37.9 Å². The van der Waals surface area contributed by atoms with E-state index in [0.29, 0.717) is 33.9 Å². The zero-order valence-electron chi connectivity index (χ0n) is 18.3. The number of nitrogens with one attached hydrogen (secondary N) is 1. The monoisotopic (exact) mass is 444 g/mol. The average molecular weight is 445 g/mol. The molecule has 0 saturated carbocycles. The Morgan fingerprint density at radius 3 is 2.77 bits per heavy atom. The molecule has 1 atom stereocenters. The summed E-state index contributed by atoms with van der Waals surface area (Å²) in [6.07, 6.45) is 3.73. The van der Waals surface area contributed by atoms with Gasteiger partial charge in [-0.05, 0) is 31.0 Å². The van der Waals surface area contributed by atoms with Crippen LogP contribution in [0.5, 0.6) is 11.5 Å². The van der Waals surface area contributed by atoms with Gasteiger partial charge in [0.15, 0.2) is 11.5 Å². The van der Waals surface area contributed by atoms with Crippen LogP contribution in [-0.4, -0.2) is 47.3 Å². The average Bonchev–Trinajstić information content (AvgIpc) is 3.18. The molecule has 0 saturated heterocycles. The van der Waals surface area contributed by atoms with E-state index in [4.69, 9.17) is 19.3 Å². The van der Waals surface area contributed by atoms with E-state index in [9.17, 15) is 4.79 Å². The molecule has 9 heteroatoms. The van der Waals surface area contributed by atoms with Crippen molar-refractivity contribution in [2.75, 3.05) is 31.9 Å². The molecule has 1 unspecified atom stereocenters. The van der Waals surface area contributed by atoms with Crippen LogP contribution in [-0.2, 0) is 9.53 Å². The highest BCUT2D eigenvalue weighted by atomic mass is 32.2. The molecule has 166 valence electrons. The molecular formula is C22H28N4O4S. The largest absolute Gasteiger partial charge is 0.493 e. The van der Waals surface area contributed by atoms with Crippen LogP contribution < -0.4 is 14.8 Å². The van der Waals surface area contributed by atoms with Crippen molar-refractivity contribution in [3.05, 3.63) is 47.7 Å². The van der Waals surface area contributed by atoms with Crippen LogP contribution in [0.2, 0.25) is 0 Å². The molecule has 1 aromatic carbocycles. The molecule has 2 heterocycles. The lowest BCUT2D eigenvalue weighted by Crippen LogP contribution is -2.29. The number of allylic oxidation sites excluding steroid dienone is 1. The summed E-state index contributed by atoms with van der Waals surface area (Å²) in [5.74, 6) is 2.24. The fourth-order valence-corrected chi connectivity index (χ4v) is 4.22. The Bertz CT molecular complexity index is 986. The number of esters is 1. The smallest absolute Gasteiger partial charge is 0.338 e. The van der Waals surface area contributed by atoms with Crippen molar-refractivity contribution in [2.24, 2.45) is 0 Å². The number of hydrogen-bond acceptors (Lipinski definition) is 8. The zero-order valence-corrected chi connectivity index (χ0v) is 19.1. The molecule has 1 N–H and O–H groups in total. The number of aromatic nitrogens is 3. The first kappa shape index (κ1) is 22.7. The normalized spacial score (nSPS) is 15.2. The number of methoxy groups -OCH3 is 2. The minimum absolute atomic E-state index is 0.122. The number of unbranched alkanes of at least 4 members (excludes halogenated alkanes) is 1. The maximum atomic E-state index is 13.0. The lowest BCUT2D eigenvalue weighted by molar-refractivity contribution is -0.138. The highest BCUT2D eigenvalue weighted by Gasteiger charge is 2.35. The summed E-state index contributed by atoms with van der Waals surface area (Å²) in [5.41, 5.74) is 1.93. The van der Waals surface area contributed by atoms with Crippen LogP contribution >= 0.6 is 11.8 Å². The number of thioether (sulfide) groups is 1. The van der Waals surface area contributed by atoms with E-state index in [1.807, 2.05) is 25.1 Å². The highest BCUT2D eigenvalue weighted by molar-refractivity contribution is 7.99. The first-order valence-corrected chi connectivity index (χ1v) is 11.1.